The van der Waals surface area contributed by atoms with Crippen molar-refractivity contribution in [3.63, 3.8) is 0 Å². The fourth-order valence-electron chi connectivity index (χ4n) is 2.28. The van der Waals surface area contributed by atoms with Crippen molar-refractivity contribution < 1.29 is 4.74 Å². The second-order valence-corrected chi connectivity index (χ2v) is 4.89. The van der Waals surface area contributed by atoms with Gasteiger partial charge in [0.1, 0.15) is 5.75 Å². The molecule has 0 aliphatic carbocycles. The average Bonchev–Trinajstić information content (AvgIpc) is 2.48. The summed E-state index contributed by atoms with van der Waals surface area (Å²) < 4.78 is 5.44. The van der Waals surface area contributed by atoms with Gasteiger partial charge in [0.05, 0.1) is 7.11 Å². The van der Waals surface area contributed by atoms with Crippen molar-refractivity contribution in [1.82, 2.24) is 10.3 Å². The Morgan fingerprint density at radius 1 is 1.25 bits per heavy atom. The maximum Gasteiger partial charge on any atom is 0.123 e. The van der Waals surface area contributed by atoms with Gasteiger partial charge in [-0.25, -0.2) is 0 Å². The van der Waals surface area contributed by atoms with Gasteiger partial charge in [0, 0.05) is 24.5 Å². The predicted octanol–water partition coefficient (Wildman–Crippen LogP) is 3.57. The van der Waals surface area contributed by atoms with Crippen LogP contribution in [0.4, 0.5) is 0 Å². The normalized spacial score (nSPS) is 10.6. The van der Waals surface area contributed by atoms with E-state index in [2.05, 4.69) is 42.3 Å². The van der Waals surface area contributed by atoms with Crippen LogP contribution < -0.4 is 10.1 Å². The Morgan fingerprint density at radius 3 is 2.80 bits per heavy atom. The summed E-state index contributed by atoms with van der Waals surface area (Å²) in [5, 5.41) is 3.43. The fraction of sp³-hybridized carbons (Fsp3) is 0.353. The number of nitrogens with zero attached hydrogens (tertiary/aromatic N) is 1. The number of hydrogen-bond acceptors (Lipinski definition) is 3. The van der Waals surface area contributed by atoms with Gasteiger partial charge in [0.25, 0.3) is 0 Å². The molecule has 2 aromatic rings. The van der Waals surface area contributed by atoms with E-state index >= 15 is 0 Å². The molecule has 0 fully saturated rings. The molecule has 106 valence electrons. The van der Waals surface area contributed by atoms with Crippen molar-refractivity contribution in [2.45, 2.75) is 26.8 Å². The van der Waals surface area contributed by atoms with Gasteiger partial charge >= 0.3 is 0 Å². The first kappa shape index (κ1) is 14.5. The first-order valence-electron chi connectivity index (χ1n) is 7.05. The lowest BCUT2D eigenvalue weighted by atomic mass is 10.00. The van der Waals surface area contributed by atoms with Gasteiger partial charge in [-0.05, 0) is 54.8 Å². The van der Waals surface area contributed by atoms with Gasteiger partial charge in [-0.15, -0.1) is 0 Å². The maximum absolute atomic E-state index is 5.44. The molecule has 3 nitrogen and oxygen atoms in total. The third kappa shape index (κ3) is 3.36. The quantitative estimate of drug-likeness (QED) is 0.815. The lowest BCUT2D eigenvalue weighted by molar-refractivity contribution is 0.408. The molecule has 1 heterocycles. The molecule has 0 saturated carbocycles. The van der Waals surface area contributed by atoms with E-state index in [9.17, 15) is 0 Å². The fourth-order valence-corrected chi connectivity index (χ4v) is 2.28. The Bertz CT molecular complexity index is 567. The third-order valence-electron chi connectivity index (χ3n) is 3.35. The highest BCUT2D eigenvalue weighted by Gasteiger charge is 2.07. The second kappa shape index (κ2) is 7.06. The summed E-state index contributed by atoms with van der Waals surface area (Å²) in [6.07, 6.45) is 4.86. The van der Waals surface area contributed by atoms with Crippen LogP contribution in [0.15, 0.2) is 36.7 Å². The molecule has 20 heavy (non-hydrogen) atoms. The first-order valence-corrected chi connectivity index (χ1v) is 7.05. The van der Waals surface area contributed by atoms with Gasteiger partial charge in [-0.2, -0.15) is 0 Å². The van der Waals surface area contributed by atoms with Crippen LogP contribution in [-0.2, 0) is 6.54 Å². The van der Waals surface area contributed by atoms with Crippen molar-refractivity contribution in [3.8, 4) is 16.9 Å². The van der Waals surface area contributed by atoms with Crippen LogP contribution in [0.1, 0.15) is 24.5 Å². The van der Waals surface area contributed by atoms with E-state index in [0.29, 0.717) is 0 Å². The zero-order valence-electron chi connectivity index (χ0n) is 12.4. The largest absolute Gasteiger partial charge is 0.496 e. The zero-order valence-corrected chi connectivity index (χ0v) is 12.4. The molecule has 1 N–H and O–H groups in total. The molecular weight excluding hydrogens is 248 g/mol. The molecule has 0 spiro atoms. The van der Waals surface area contributed by atoms with E-state index in [0.717, 1.165) is 25.3 Å². The van der Waals surface area contributed by atoms with Crippen LogP contribution in [0.3, 0.4) is 0 Å². The molecule has 0 radical (unpaired) electrons. The molecule has 0 saturated heterocycles. The summed E-state index contributed by atoms with van der Waals surface area (Å²) in [7, 11) is 1.72. The minimum absolute atomic E-state index is 0.828. The number of ether oxygens (including phenoxy) is 1. The lowest BCUT2D eigenvalue weighted by Gasteiger charge is -2.12. The minimum atomic E-state index is 0.828. The molecule has 2 rings (SSSR count). The van der Waals surface area contributed by atoms with Gasteiger partial charge in [0.2, 0.25) is 0 Å². The van der Waals surface area contributed by atoms with Gasteiger partial charge < -0.3 is 10.1 Å². The Kier molecular flexibility index (Phi) is 5.13. The van der Waals surface area contributed by atoms with Crippen LogP contribution in [0, 0.1) is 6.92 Å². The molecule has 0 unspecified atom stereocenters. The Morgan fingerprint density at radius 2 is 2.10 bits per heavy atom. The van der Waals surface area contributed by atoms with Gasteiger partial charge in [0.15, 0.2) is 0 Å². The molecule has 0 bridgehead atoms. The predicted molar refractivity (Wildman–Crippen MR) is 83.0 cm³/mol. The van der Waals surface area contributed by atoms with Crippen molar-refractivity contribution in [2.75, 3.05) is 13.7 Å². The summed E-state index contributed by atoms with van der Waals surface area (Å²) >= 11 is 0. The van der Waals surface area contributed by atoms with E-state index in [1.165, 1.54) is 22.3 Å². The zero-order chi connectivity index (χ0) is 14.4. The monoisotopic (exact) mass is 270 g/mol. The standard InChI is InChI=1S/C17H22N2O/c1-4-8-18-12-15-10-14(5-6-17(15)20-3)16-7-9-19-11-13(16)2/h5-7,9-11,18H,4,8,12H2,1-3H3. The van der Waals surface area contributed by atoms with Crippen molar-refractivity contribution in [2.24, 2.45) is 0 Å². The van der Waals surface area contributed by atoms with E-state index < -0.39 is 0 Å². The molecule has 0 atom stereocenters. The molecule has 0 aliphatic rings. The van der Waals surface area contributed by atoms with E-state index in [-0.39, 0.29) is 0 Å². The number of nitrogens with one attached hydrogen (secondary N) is 1. The summed E-state index contributed by atoms with van der Waals surface area (Å²) in [4.78, 5) is 4.15. The molecule has 3 heteroatoms. The highest BCUT2D eigenvalue weighted by Crippen LogP contribution is 2.28. The van der Waals surface area contributed by atoms with Crippen LogP contribution in [-0.4, -0.2) is 18.6 Å². The minimum Gasteiger partial charge on any atom is -0.496 e. The van der Waals surface area contributed by atoms with E-state index in [1.54, 1.807) is 7.11 Å². The summed E-state index contributed by atoms with van der Waals surface area (Å²) in [5.41, 5.74) is 4.80. The summed E-state index contributed by atoms with van der Waals surface area (Å²) in [5.74, 6) is 0.934. The SMILES string of the molecule is CCCNCc1cc(-c2ccncc2C)ccc1OC. The summed E-state index contributed by atoms with van der Waals surface area (Å²) in [6.45, 7) is 6.10. The number of rotatable bonds is 6. The molecule has 0 amide bonds. The second-order valence-electron chi connectivity index (χ2n) is 4.89. The maximum atomic E-state index is 5.44. The van der Waals surface area contributed by atoms with Crippen molar-refractivity contribution in [3.05, 3.63) is 47.8 Å². The molecule has 1 aromatic heterocycles. The topological polar surface area (TPSA) is 34.2 Å². The van der Waals surface area contributed by atoms with Crippen molar-refractivity contribution in [1.29, 1.82) is 0 Å². The smallest absolute Gasteiger partial charge is 0.123 e. The number of benzene rings is 1. The number of aromatic nitrogens is 1. The number of hydrogen-bond donors (Lipinski definition) is 1. The van der Waals surface area contributed by atoms with Crippen LogP contribution >= 0.6 is 0 Å². The number of pyridine rings is 1. The molecule has 1 aromatic carbocycles. The van der Waals surface area contributed by atoms with Gasteiger partial charge in [-0.3, -0.25) is 4.98 Å². The number of methoxy groups -OCH3 is 1. The van der Waals surface area contributed by atoms with E-state index in [4.69, 9.17) is 4.74 Å². The molecule has 0 aliphatic heterocycles. The van der Waals surface area contributed by atoms with Crippen molar-refractivity contribution >= 4 is 0 Å². The Balaban J connectivity index is 2.31. The highest BCUT2D eigenvalue weighted by atomic mass is 16.5. The first-order chi connectivity index (χ1) is 9.76. The van der Waals surface area contributed by atoms with Gasteiger partial charge in [-0.1, -0.05) is 13.0 Å². The Hall–Kier alpha value is -1.87. The van der Waals surface area contributed by atoms with E-state index in [1.807, 2.05) is 18.5 Å². The highest BCUT2D eigenvalue weighted by molar-refractivity contribution is 5.68. The average molecular weight is 270 g/mol. The van der Waals surface area contributed by atoms with Crippen LogP contribution in [0.5, 0.6) is 5.75 Å². The Labute approximate surface area is 121 Å². The molecular formula is C17H22N2O. The van der Waals surface area contributed by atoms with Crippen LogP contribution in [0.25, 0.3) is 11.1 Å². The number of aryl methyl sites for hydroxylation is 1. The van der Waals surface area contributed by atoms with Crippen LogP contribution in [0.2, 0.25) is 0 Å². The lowest BCUT2D eigenvalue weighted by Crippen LogP contribution is -2.14. The third-order valence-corrected chi connectivity index (χ3v) is 3.35. The summed E-state index contributed by atoms with van der Waals surface area (Å²) in [6, 6.07) is 8.40.